The molecule has 2 rings (SSSR count). The van der Waals surface area contributed by atoms with Crippen molar-refractivity contribution in [3.8, 4) is 0 Å². The topological polar surface area (TPSA) is 62.5 Å². The molecule has 0 radical (unpaired) electrons. The lowest BCUT2D eigenvalue weighted by atomic mass is 10.1. The molecule has 1 heterocycles. The van der Waals surface area contributed by atoms with E-state index in [0.717, 1.165) is 0 Å². The molecule has 1 amide bonds. The number of aliphatic hydroxyl groups is 1. The van der Waals surface area contributed by atoms with Crippen LogP contribution in [0.2, 0.25) is 10.0 Å². The zero-order valence-electron chi connectivity index (χ0n) is 10.5. The zero-order chi connectivity index (χ0) is 14.5. The summed E-state index contributed by atoms with van der Waals surface area (Å²) in [5.74, 6) is -0.0645. The highest BCUT2D eigenvalue weighted by Gasteiger charge is 2.12. The number of nitrogens with one attached hydrogen (secondary N) is 1. The van der Waals surface area contributed by atoms with E-state index >= 15 is 0 Å². The third kappa shape index (κ3) is 3.76. The van der Waals surface area contributed by atoms with Gasteiger partial charge in [0.2, 0.25) is 0 Å². The first kappa shape index (κ1) is 14.9. The van der Waals surface area contributed by atoms with Crippen molar-refractivity contribution in [3.05, 3.63) is 58.0 Å². The van der Waals surface area contributed by atoms with Crippen LogP contribution in [-0.2, 0) is 0 Å². The Morgan fingerprint density at radius 2 is 2.10 bits per heavy atom. The highest BCUT2D eigenvalue weighted by Crippen LogP contribution is 2.26. The molecule has 1 aromatic heterocycles. The van der Waals surface area contributed by atoms with Crippen LogP contribution >= 0.6 is 23.2 Å². The standard InChI is InChI=1S/C14H13Cl2NO3/c15-10-4-3-9(8-11(10)16)12(18)5-6-17-14(19)13-2-1-7-20-13/h1-4,7-8,12,18H,5-6H2,(H,17,19). The number of rotatable bonds is 5. The van der Waals surface area contributed by atoms with E-state index in [1.54, 1.807) is 30.3 Å². The highest BCUT2D eigenvalue weighted by atomic mass is 35.5. The third-order valence-corrected chi connectivity index (χ3v) is 3.52. The normalized spacial score (nSPS) is 12.2. The zero-order valence-corrected chi connectivity index (χ0v) is 12.0. The maximum absolute atomic E-state index is 11.6. The minimum Gasteiger partial charge on any atom is -0.459 e. The van der Waals surface area contributed by atoms with Crippen molar-refractivity contribution in [1.29, 1.82) is 0 Å². The molecule has 1 atom stereocenters. The summed E-state index contributed by atoms with van der Waals surface area (Å²) in [6, 6.07) is 8.16. The van der Waals surface area contributed by atoms with Gasteiger partial charge in [-0.1, -0.05) is 29.3 Å². The molecular formula is C14H13Cl2NO3. The molecule has 0 aliphatic carbocycles. The van der Waals surface area contributed by atoms with Crippen LogP contribution in [0.3, 0.4) is 0 Å². The van der Waals surface area contributed by atoms with Crippen LogP contribution in [0.15, 0.2) is 41.0 Å². The van der Waals surface area contributed by atoms with E-state index in [0.29, 0.717) is 28.6 Å². The summed E-state index contributed by atoms with van der Waals surface area (Å²) in [4.78, 5) is 11.6. The molecule has 6 heteroatoms. The van der Waals surface area contributed by atoms with E-state index in [9.17, 15) is 9.90 Å². The van der Waals surface area contributed by atoms with Crippen molar-refractivity contribution >= 4 is 29.1 Å². The molecule has 2 N–H and O–H groups in total. The average Bonchev–Trinajstić information content (AvgIpc) is 2.95. The van der Waals surface area contributed by atoms with Crippen LogP contribution in [0, 0.1) is 0 Å². The monoisotopic (exact) mass is 313 g/mol. The second-order valence-electron chi connectivity index (χ2n) is 4.21. The van der Waals surface area contributed by atoms with E-state index in [-0.39, 0.29) is 11.7 Å². The molecule has 1 aromatic carbocycles. The number of carbonyl (C=O) groups excluding carboxylic acids is 1. The minimum absolute atomic E-state index is 0.244. The van der Waals surface area contributed by atoms with Crippen molar-refractivity contribution < 1.29 is 14.3 Å². The van der Waals surface area contributed by atoms with Crippen LogP contribution < -0.4 is 5.32 Å². The molecule has 20 heavy (non-hydrogen) atoms. The lowest BCUT2D eigenvalue weighted by molar-refractivity contribution is 0.0915. The van der Waals surface area contributed by atoms with Gasteiger partial charge in [0.1, 0.15) is 0 Å². The van der Waals surface area contributed by atoms with Gasteiger partial charge in [-0.15, -0.1) is 0 Å². The number of hydrogen-bond acceptors (Lipinski definition) is 3. The summed E-state index contributed by atoms with van der Waals surface area (Å²) < 4.78 is 4.96. The average molecular weight is 314 g/mol. The van der Waals surface area contributed by atoms with Gasteiger partial charge in [-0.25, -0.2) is 0 Å². The van der Waals surface area contributed by atoms with Crippen LogP contribution in [0.25, 0.3) is 0 Å². The smallest absolute Gasteiger partial charge is 0.286 e. The Morgan fingerprint density at radius 3 is 2.75 bits per heavy atom. The van der Waals surface area contributed by atoms with Gasteiger partial charge in [-0.05, 0) is 36.2 Å². The highest BCUT2D eigenvalue weighted by molar-refractivity contribution is 6.42. The lowest BCUT2D eigenvalue weighted by Gasteiger charge is -2.12. The van der Waals surface area contributed by atoms with Crippen LogP contribution in [0.4, 0.5) is 0 Å². The van der Waals surface area contributed by atoms with Gasteiger partial charge in [0.25, 0.3) is 5.91 Å². The maximum Gasteiger partial charge on any atom is 0.286 e. The molecule has 4 nitrogen and oxygen atoms in total. The summed E-state index contributed by atoms with van der Waals surface area (Å²) in [5, 5.41) is 13.5. The molecule has 2 aromatic rings. The number of carbonyl (C=O) groups is 1. The summed E-state index contributed by atoms with van der Waals surface area (Å²) in [7, 11) is 0. The molecule has 0 saturated carbocycles. The minimum atomic E-state index is -0.721. The molecular weight excluding hydrogens is 301 g/mol. The quantitative estimate of drug-likeness (QED) is 0.888. The van der Waals surface area contributed by atoms with Crippen molar-refractivity contribution in [2.45, 2.75) is 12.5 Å². The van der Waals surface area contributed by atoms with Crippen molar-refractivity contribution in [1.82, 2.24) is 5.32 Å². The SMILES string of the molecule is O=C(NCCC(O)c1ccc(Cl)c(Cl)c1)c1ccco1. The first-order valence-corrected chi connectivity index (χ1v) is 6.78. The molecule has 0 aliphatic heterocycles. The predicted octanol–water partition coefficient (Wildman–Crippen LogP) is 3.44. The Bertz CT molecular complexity index is 584. The van der Waals surface area contributed by atoms with Crippen LogP contribution in [-0.4, -0.2) is 17.6 Å². The first-order valence-electron chi connectivity index (χ1n) is 6.02. The first-order chi connectivity index (χ1) is 9.58. The summed E-state index contributed by atoms with van der Waals surface area (Å²) in [6.45, 7) is 0.320. The van der Waals surface area contributed by atoms with E-state index in [2.05, 4.69) is 5.32 Å². The lowest BCUT2D eigenvalue weighted by Crippen LogP contribution is -2.25. The maximum atomic E-state index is 11.6. The number of hydrogen-bond donors (Lipinski definition) is 2. The fourth-order valence-corrected chi connectivity index (χ4v) is 2.01. The van der Waals surface area contributed by atoms with Gasteiger partial charge in [0.05, 0.1) is 22.4 Å². The Morgan fingerprint density at radius 1 is 1.30 bits per heavy atom. The van der Waals surface area contributed by atoms with Crippen LogP contribution in [0.5, 0.6) is 0 Å². The fraction of sp³-hybridized carbons (Fsp3) is 0.214. The van der Waals surface area contributed by atoms with Crippen molar-refractivity contribution in [2.24, 2.45) is 0 Å². The van der Waals surface area contributed by atoms with Gasteiger partial charge in [0, 0.05) is 6.54 Å². The van der Waals surface area contributed by atoms with Gasteiger partial charge >= 0.3 is 0 Å². The Labute approximate surface area is 126 Å². The number of halogens is 2. The number of aliphatic hydroxyl groups excluding tert-OH is 1. The largest absolute Gasteiger partial charge is 0.459 e. The summed E-state index contributed by atoms with van der Waals surface area (Å²) in [5.41, 5.74) is 0.659. The number of furan rings is 1. The Balaban J connectivity index is 1.84. The molecule has 0 spiro atoms. The van der Waals surface area contributed by atoms with Gasteiger partial charge in [-0.3, -0.25) is 4.79 Å². The summed E-state index contributed by atoms with van der Waals surface area (Å²) in [6.07, 6.45) is 1.07. The molecule has 0 bridgehead atoms. The van der Waals surface area contributed by atoms with E-state index in [4.69, 9.17) is 27.6 Å². The Hall–Kier alpha value is -1.49. The molecule has 1 unspecified atom stereocenters. The van der Waals surface area contributed by atoms with Crippen molar-refractivity contribution in [3.63, 3.8) is 0 Å². The molecule has 0 aliphatic rings. The van der Waals surface area contributed by atoms with Gasteiger partial charge in [0.15, 0.2) is 5.76 Å². The van der Waals surface area contributed by atoms with E-state index in [1.807, 2.05) is 0 Å². The second-order valence-corrected chi connectivity index (χ2v) is 5.03. The van der Waals surface area contributed by atoms with Gasteiger partial charge < -0.3 is 14.8 Å². The Kier molecular flexibility index (Phi) is 5.06. The van der Waals surface area contributed by atoms with Crippen LogP contribution in [0.1, 0.15) is 28.6 Å². The third-order valence-electron chi connectivity index (χ3n) is 2.78. The second kappa shape index (κ2) is 6.79. The molecule has 0 saturated heterocycles. The predicted molar refractivity (Wildman–Crippen MR) is 77.1 cm³/mol. The summed E-state index contributed by atoms with van der Waals surface area (Å²) >= 11 is 11.7. The van der Waals surface area contributed by atoms with Gasteiger partial charge in [-0.2, -0.15) is 0 Å². The molecule has 106 valence electrons. The van der Waals surface area contributed by atoms with E-state index < -0.39 is 6.10 Å². The number of benzene rings is 1. The van der Waals surface area contributed by atoms with E-state index in [1.165, 1.54) is 6.26 Å². The fourth-order valence-electron chi connectivity index (χ4n) is 1.70. The number of amides is 1. The van der Waals surface area contributed by atoms with Crippen molar-refractivity contribution in [2.75, 3.05) is 6.54 Å². The molecule has 0 fully saturated rings.